The second-order valence-corrected chi connectivity index (χ2v) is 4.79. The van der Waals surface area contributed by atoms with E-state index in [2.05, 4.69) is 4.98 Å². The van der Waals surface area contributed by atoms with E-state index in [9.17, 15) is 13.6 Å². The molecule has 0 amide bonds. The van der Waals surface area contributed by atoms with E-state index in [1.54, 1.807) is 12.1 Å². The van der Waals surface area contributed by atoms with E-state index < -0.39 is 17.0 Å². The number of halogens is 1. The molecule has 0 radical (unpaired) electrons. The molecule has 102 valence electrons. The smallest absolute Gasteiger partial charge is 1.00 e. The molecule has 0 aromatic carbocycles. The summed E-state index contributed by atoms with van der Waals surface area (Å²) in [5, 5.41) is 0.0832. The molecule has 0 bridgehead atoms. The molecule has 1 atom stereocenters. The van der Waals surface area contributed by atoms with Crippen molar-refractivity contribution in [3.05, 3.63) is 53.1 Å². The number of aromatic nitrogens is 2. The maximum atomic E-state index is 11.9. The monoisotopic (exact) mass is 339 g/mol. The fraction of sp³-hybridized carbons (Fsp3) is 0.0909. The topological polar surface area (TPSA) is 84.2 Å². The fourth-order valence-electron chi connectivity index (χ4n) is 1.40. The maximum absolute atomic E-state index is 11.9. The Morgan fingerprint density at radius 1 is 1.45 bits per heavy atom. The Morgan fingerprint density at radius 2 is 2.10 bits per heavy atom. The minimum atomic E-state index is -2.34. The number of carbonyl (C=O) groups excluding carboxylic acids is 1. The first-order valence-corrected chi connectivity index (χ1v) is 6.75. The maximum Gasteiger partial charge on any atom is 1.00 e. The van der Waals surface area contributed by atoms with Gasteiger partial charge in [0.2, 0.25) is 0 Å². The van der Waals surface area contributed by atoms with Crippen LogP contribution in [-0.2, 0) is 16.8 Å². The summed E-state index contributed by atoms with van der Waals surface area (Å²) in [5.41, 5.74) is 0.111. The number of nitrogens with zero attached hydrogens (tertiary/aromatic N) is 2. The van der Waals surface area contributed by atoms with Crippen LogP contribution in [0.1, 0.15) is 17.5 Å². The second-order valence-electron chi connectivity index (χ2n) is 3.51. The molecule has 1 unspecified atom stereocenters. The third kappa shape index (κ3) is 5.04. The Morgan fingerprint density at radius 3 is 2.70 bits per heavy atom. The predicted octanol–water partition coefficient (Wildman–Crippen LogP) is -1.70. The van der Waals surface area contributed by atoms with Gasteiger partial charge in [0, 0.05) is 18.1 Å². The number of hydrogen-bond donors (Lipinski definition) is 0. The largest absolute Gasteiger partial charge is 1.00 e. The van der Waals surface area contributed by atoms with Crippen molar-refractivity contribution in [2.75, 3.05) is 0 Å². The van der Waals surface area contributed by atoms with E-state index >= 15 is 0 Å². The van der Waals surface area contributed by atoms with Crippen LogP contribution in [0.2, 0.25) is 5.15 Å². The summed E-state index contributed by atoms with van der Waals surface area (Å²) in [5.74, 6) is -1.11. The number of rotatable bonds is 4. The summed E-state index contributed by atoms with van der Waals surface area (Å²) in [6.07, 6.45) is 3.04. The van der Waals surface area contributed by atoms with Crippen molar-refractivity contribution >= 4 is 28.7 Å². The molecule has 0 N–H and O–H groups in total. The summed E-state index contributed by atoms with van der Waals surface area (Å²) in [6.45, 7) is 0. The van der Waals surface area contributed by atoms with Crippen LogP contribution in [0.25, 0.3) is 0 Å². The van der Waals surface area contributed by atoms with Crippen molar-refractivity contribution in [2.24, 2.45) is 0 Å². The van der Waals surface area contributed by atoms with E-state index in [0.29, 0.717) is 0 Å². The Labute approximate surface area is 166 Å². The van der Waals surface area contributed by atoms with Crippen molar-refractivity contribution < 1.29 is 71.2 Å². The average Bonchev–Trinajstić information content (AvgIpc) is 2.83. The second kappa shape index (κ2) is 8.40. The van der Waals surface area contributed by atoms with Gasteiger partial charge in [0.25, 0.3) is 0 Å². The zero-order chi connectivity index (χ0) is 13.8. The van der Waals surface area contributed by atoms with Crippen LogP contribution in [0.15, 0.2) is 36.7 Å². The first-order chi connectivity index (χ1) is 9.06. The molecule has 0 aliphatic heterocycles. The molecule has 0 saturated carbocycles. The summed E-state index contributed by atoms with van der Waals surface area (Å²) in [6, 6.07) is 6.19. The van der Waals surface area contributed by atoms with Crippen molar-refractivity contribution in [1.29, 1.82) is 0 Å². The molecule has 2 aromatic rings. The number of carbonyl (C=O) groups is 1. The van der Waals surface area contributed by atoms with E-state index in [4.69, 9.17) is 16.4 Å². The van der Waals surface area contributed by atoms with E-state index in [1.807, 2.05) is 0 Å². The Hall–Kier alpha value is -0.0636. The zero-order valence-electron chi connectivity index (χ0n) is 11.5. The molecule has 0 spiro atoms. The third-order valence-corrected chi connectivity index (χ3v) is 2.93. The van der Waals surface area contributed by atoms with Gasteiger partial charge in [0.1, 0.15) is 5.15 Å². The van der Waals surface area contributed by atoms with Crippen LogP contribution in [0.3, 0.4) is 0 Å². The molecule has 0 aliphatic carbocycles. The van der Waals surface area contributed by atoms with E-state index in [0.717, 1.165) is 0 Å². The van der Waals surface area contributed by atoms with Gasteiger partial charge in [-0.3, -0.25) is 4.21 Å². The quantitative estimate of drug-likeness (QED) is 0.377. The van der Waals surface area contributed by atoms with Gasteiger partial charge in [-0.2, -0.15) is 4.73 Å². The van der Waals surface area contributed by atoms with Crippen molar-refractivity contribution in [1.82, 2.24) is 9.71 Å². The van der Waals surface area contributed by atoms with Gasteiger partial charge in [-0.1, -0.05) is 28.7 Å². The molecule has 0 fully saturated rings. The molecule has 2 heterocycles. The van der Waals surface area contributed by atoms with Crippen LogP contribution in [0.5, 0.6) is 0 Å². The first kappa shape index (κ1) is 18.0. The minimum absolute atomic E-state index is 0. The van der Waals surface area contributed by atoms with Gasteiger partial charge in [-0.25, -0.2) is 9.78 Å². The van der Waals surface area contributed by atoms with Crippen molar-refractivity contribution in [3.63, 3.8) is 0 Å². The normalized spacial score (nSPS) is 11.5. The molecule has 9 heteroatoms. The summed E-state index contributed by atoms with van der Waals surface area (Å²) in [7, 11) is 0. The zero-order valence-corrected chi connectivity index (χ0v) is 15.2. The first-order valence-electron chi connectivity index (χ1n) is 5.13. The number of hydrogen-bond acceptors (Lipinski definition) is 5. The Kier molecular flexibility index (Phi) is 7.55. The van der Waals surface area contributed by atoms with Crippen molar-refractivity contribution in [2.45, 2.75) is 5.75 Å². The van der Waals surface area contributed by atoms with Crippen LogP contribution in [0, 0.1) is 0 Å². The van der Waals surface area contributed by atoms with Gasteiger partial charge < -0.3 is 10.8 Å². The summed E-state index contributed by atoms with van der Waals surface area (Å²) >= 11 is 3.36. The average molecular weight is 340 g/mol. The van der Waals surface area contributed by atoms with Crippen LogP contribution in [0.4, 0.5) is 0 Å². The van der Waals surface area contributed by atoms with Crippen LogP contribution < -0.4 is 56.2 Å². The minimum Gasteiger partial charge on any atom is -1.00 e. The Balaban J connectivity index is 0.00000200. The van der Waals surface area contributed by atoms with Crippen molar-refractivity contribution in [3.8, 4) is 0 Å². The molecule has 2 aromatic heterocycles. The van der Waals surface area contributed by atoms with Crippen LogP contribution >= 0.6 is 11.6 Å². The van der Waals surface area contributed by atoms with Gasteiger partial charge in [-0.05, 0) is 23.8 Å². The fourth-order valence-corrected chi connectivity index (χ4v) is 2.04. The number of pyridine rings is 1. The molecule has 0 aliphatic rings. The van der Waals surface area contributed by atoms with E-state index in [1.165, 1.54) is 29.3 Å². The summed E-state index contributed by atoms with van der Waals surface area (Å²) in [4.78, 5) is 20.7. The van der Waals surface area contributed by atoms with Crippen LogP contribution in [-0.4, -0.2) is 24.4 Å². The van der Waals surface area contributed by atoms with Gasteiger partial charge in [-0.15, -0.1) is 0 Å². The van der Waals surface area contributed by atoms with Gasteiger partial charge in [0.05, 0.1) is 0 Å². The molecule has 2 rings (SSSR count). The SMILES string of the molecule is O=C(On1cccc1)c1nc(Cl)ccc1CS(=O)[O-].[H-].[K+]. The van der Waals surface area contributed by atoms with Gasteiger partial charge in [0.15, 0.2) is 5.69 Å². The molecule has 0 saturated heterocycles. The summed E-state index contributed by atoms with van der Waals surface area (Å²) < 4.78 is 22.6. The standard InChI is InChI=1S/C11H9ClN2O4S.K.H/c12-9-4-3-8(7-19(16)17)10(13-9)11(15)18-14-5-1-2-6-14;;/h1-6H,7H2,(H,16,17);;/q;+1;-1/p-1. The Bertz CT molecular complexity index is 627. The molecule has 6 nitrogen and oxygen atoms in total. The molecular weight excluding hydrogens is 331 g/mol. The van der Waals surface area contributed by atoms with Gasteiger partial charge >= 0.3 is 57.4 Å². The van der Waals surface area contributed by atoms with E-state index in [-0.39, 0.29) is 75.0 Å². The third-order valence-electron chi connectivity index (χ3n) is 2.18. The molecular formula is C11H9ClKN2O4S-. The molecule has 20 heavy (non-hydrogen) atoms. The predicted molar refractivity (Wildman–Crippen MR) is 68.3 cm³/mol.